The number of rotatable bonds is 3. The van der Waals surface area contributed by atoms with Crippen molar-refractivity contribution in [1.82, 2.24) is 0 Å². The second-order valence-electron chi connectivity index (χ2n) is 1.45. The lowest BCUT2D eigenvalue weighted by atomic mass is 10.3. The van der Waals surface area contributed by atoms with E-state index in [9.17, 15) is 0 Å². The third-order valence-corrected chi connectivity index (χ3v) is 1.37. The van der Waals surface area contributed by atoms with Crippen molar-refractivity contribution in [2.45, 2.75) is 19.3 Å². The highest BCUT2D eigenvalue weighted by molar-refractivity contribution is 9.12. The minimum absolute atomic E-state index is 0.976. The van der Waals surface area contributed by atoms with Crippen LogP contribution in [0.5, 0.6) is 0 Å². The van der Waals surface area contributed by atoms with Crippen molar-refractivity contribution in [3.8, 4) is 10.8 Å². The number of hydrogen-bond donors (Lipinski definition) is 1. The molecule has 2 heteroatoms. The summed E-state index contributed by atoms with van der Waals surface area (Å²) in [6, 6.07) is 0. The van der Waals surface area contributed by atoms with Crippen LogP contribution < -0.4 is 0 Å². The predicted octanol–water partition coefficient (Wildman–Crippen LogP) is 2.44. The second-order valence-corrected chi connectivity index (χ2v) is 2.30. The summed E-state index contributed by atoms with van der Waals surface area (Å²) in [7, 11) is 0. The molecule has 0 aliphatic rings. The molecule has 0 atom stereocenters. The first-order valence-corrected chi connectivity index (χ1v) is 4.03. The molecule has 0 amide bonds. The Morgan fingerprint density at radius 2 is 2.12 bits per heavy atom. The molecule has 0 aliphatic carbocycles. The summed E-state index contributed by atoms with van der Waals surface area (Å²) in [5.41, 5.74) is 0. The zero-order valence-corrected chi connectivity index (χ0v) is 7.13. The Balaban J connectivity index is 2.79. The zero-order valence-electron chi connectivity index (χ0n) is 4.65. The molecule has 0 rings (SSSR count). The zero-order chi connectivity index (χ0) is 6.24. The van der Waals surface area contributed by atoms with E-state index in [4.69, 9.17) is 0 Å². The van der Waals surface area contributed by atoms with Crippen molar-refractivity contribution in [1.29, 1.82) is 0 Å². The molecule has 0 heterocycles. The smallest absolute Gasteiger partial charge is 0.0106 e. The highest BCUT2D eigenvalue weighted by atomic mass is 79.9. The fourth-order valence-corrected chi connectivity index (χ4v) is 0.794. The van der Waals surface area contributed by atoms with Crippen molar-refractivity contribution in [3.63, 3.8) is 0 Å². The lowest BCUT2D eigenvalue weighted by molar-refractivity contribution is 0.839. The standard InChI is InChI=1S/C6H9BrS/c7-5-3-1-2-4-6-8/h8H,1-2,4,6H2. The SMILES string of the molecule is SCCCCC#CBr. The summed E-state index contributed by atoms with van der Waals surface area (Å²) in [4.78, 5) is 2.66. The van der Waals surface area contributed by atoms with E-state index in [0.29, 0.717) is 0 Å². The van der Waals surface area contributed by atoms with Crippen molar-refractivity contribution < 1.29 is 0 Å². The van der Waals surface area contributed by atoms with Gasteiger partial charge in [0.15, 0.2) is 0 Å². The van der Waals surface area contributed by atoms with Gasteiger partial charge in [-0.3, -0.25) is 0 Å². The predicted molar refractivity (Wildman–Crippen MR) is 44.4 cm³/mol. The number of hydrogen-bond acceptors (Lipinski definition) is 1. The van der Waals surface area contributed by atoms with Gasteiger partial charge in [0.25, 0.3) is 0 Å². The third kappa shape index (κ3) is 6.39. The first-order valence-electron chi connectivity index (χ1n) is 2.61. The van der Waals surface area contributed by atoms with Crippen molar-refractivity contribution in [2.24, 2.45) is 0 Å². The molecule has 0 saturated carbocycles. The van der Waals surface area contributed by atoms with E-state index in [1.165, 1.54) is 12.8 Å². The van der Waals surface area contributed by atoms with Crippen LogP contribution in [0.3, 0.4) is 0 Å². The summed E-state index contributed by atoms with van der Waals surface area (Å²) in [6.45, 7) is 0. The van der Waals surface area contributed by atoms with Gasteiger partial charge in [-0.2, -0.15) is 12.6 Å². The maximum absolute atomic E-state index is 4.06. The minimum atomic E-state index is 0.976. The van der Waals surface area contributed by atoms with Gasteiger partial charge in [-0.1, -0.05) is 5.92 Å². The van der Waals surface area contributed by atoms with Crippen LogP contribution in [0.15, 0.2) is 0 Å². The lowest BCUT2D eigenvalue weighted by Crippen LogP contribution is -1.73. The minimum Gasteiger partial charge on any atom is -0.179 e. The molecule has 0 aromatic heterocycles. The molecule has 46 valence electrons. The molecule has 0 aromatic carbocycles. The van der Waals surface area contributed by atoms with Gasteiger partial charge in [-0.15, -0.1) is 0 Å². The molecule has 0 aromatic rings. The number of unbranched alkanes of at least 4 members (excludes halogenated alkanes) is 2. The van der Waals surface area contributed by atoms with E-state index < -0.39 is 0 Å². The Hall–Kier alpha value is 0.390. The highest BCUT2D eigenvalue weighted by Crippen LogP contribution is 1.94. The third-order valence-electron chi connectivity index (χ3n) is 0.777. The van der Waals surface area contributed by atoms with Crippen LogP contribution in [-0.2, 0) is 0 Å². The van der Waals surface area contributed by atoms with Crippen LogP contribution in [0, 0.1) is 10.8 Å². The summed E-state index contributed by atoms with van der Waals surface area (Å²) in [5, 5.41) is 0. The second kappa shape index (κ2) is 7.39. The molecule has 8 heavy (non-hydrogen) atoms. The molecule has 0 unspecified atom stereocenters. The van der Waals surface area contributed by atoms with Gasteiger partial charge in [0.1, 0.15) is 0 Å². The van der Waals surface area contributed by atoms with E-state index in [1.54, 1.807) is 0 Å². The van der Waals surface area contributed by atoms with Crippen LogP contribution in [-0.4, -0.2) is 5.75 Å². The molecule has 0 saturated heterocycles. The Labute approximate surface area is 64.6 Å². The maximum Gasteiger partial charge on any atom is 0.0106 e. The summed E-state index contributed by atoms with van der Waals surface area (Å²) >= 11 is 7.08. The van der Waals surface area contributed by atoms with Crippen LogP contribution in [0.4, 0.5) is 0 Å². The van der Waals surface area contributed by atoms with Gasteiger partial charge in [0, 0.05) is 22.4 Å². The fourth-order valence-electron chi connectivity index (χ4n) is 0.372. The first-order chi connectivity index (χ1) is 3.91. The topological polar surface area (TPSA) is 0 Å². The van der Waals surface area contributed by atoms with E-state index in [-0.39, 0.29) is 0 Å². The Bertz CT molecular complexity index is 90.4. The molecular formula is C6H9BrS. The Kier molecular flexibility index (Phi) is 7.75. The quantitative estimate of drug-likeness (QED) is 0.397. The summed E-state index contributed by atoms with van der Waals surface area (Å²) in [5.74, 6) is 3.89. The molecule has 0 nitrogen and oxygen atoms in total. The van der Waals surface area contributed by atoms with Gasteiger partial charge < -0.3 is 0 Å². The molecule has 0 radical (unpaired) electrons. The van der Waals surface area contributed by atoms with E-state index in [0.717, 1.165) is 12.2 Å². The van der Waals surface area contributed by atoms with Crippen molar-refractivity contribution >= 4 is 28.6 Å². The lowest BCUT2D eigenvalue weighted by Gasteiger charge is -1.86. The largest absolute Gasteiger partial charge is 0.179 e. The number of halogens is 1. The van der Waals surface area contributed by atoms with Crippen LogP contribution >= 0.6 is 28.6 Å². The first kappa shape index (κ1) is 8.39. The van der Waals surface area contributed by atoms with Crippen LogP contribution in [0.25, 0.3) is 0 Å². The van der Waals surface area contributed by atoms with Gasteiger partial charge in [0.05, 0.1) is 0 Å². The van der Waals surface area contributed by atoms with Crippen molar-refractivity contribution in [3.05, 3.63) is 0 Å². The van der Waals surface area contributed by atoms with Crippen LogP contribution in [0.2, 0.25) is 0 Å². The van der Waals surface area contributed by atoms with Gasteiger partial charge in [-0.05, 0) is 23.4 Å². The highest BCUT2D eigenvalue weighted by Gasteiger charge is 1.79. The number of thiol groups is 1. The molecule has 0 aliphatic heterocycles. The fraction of sp³-hybridized carbons (Fsp3) is 0.667. The average molecular weight is 193 g/mol. The van der Waals surface area contributed by atoms with Crippen LogP contribution in [0.1, 0.15) is 19.3 Å². The Morgan fingerprint density at radius 3 is 2.62 bits per heavy atom. The summed E-state index contributed by atoms with van der Waals surface area (Å²) in [6.07, 6.45) is 3.33. The van der Waals surface area contributed by atoms with Crippen molar-refractivity contribution in [2.75, 3.05) is 5.75 Å². The maximum atomic E-state index is 4.06. The molecule has 0 N–H and O–H groups in total. The molecule has 0 spiro atoms. The molecule has 0 fully saturated rings. The normalized spacial score (nSPS) is 7.75. The van der Waals surface area contributed by atoms with Gasteiger partial charge in [-0.25, -0.2) is 0 Å². The summed E-state index contributed by atoms with van der Waals surface area (Å²) < 4.78 is 0. The van der Waals surface area contributed by atoms with E-state index >= 15 is 0 Å². The molecular weight excluding hydrogens is 184 g/mol. The van der Waals surface area contributed by atoms with E-state index in [2.05, 4.69) is 39.3 Å². The van der Waals surface area contributed by atoms with Gasteiger partial charge >= 0.3 is 0 Å². The monoisotopic (exact) mass is 192 g/mol. The van der Waals surface area contributed by atoms with E-state index in [1.807, 2.05) is 0 Å². The van der Waals surface area contributed by atoms with Gasteiger partial charge in [0.2, 0.25) is 0 Å². The Morgan fingerprint density at radius 1 is 1.38 bits per heavy atom. The molecule has 0 bridgehead atoms. The average Bonchev–Trinajstić information content (AvgIpc) is 1.81.